The summed E-state index contributed by atoms with van der Waals surface area (Å²) in [7, 11) is 0. The van der Waals surface area contributed by atoms with E-state index in [-0.39, 0.29) is 12.5 Å². The van der Waals surface area contributed by atoms with Gasteiger partial charge in [0.1, 0.15) is 5.60 Å². The highest BCUT2D eigenvalue weighted by molar-refractivity contribution is 7.09. The Morgan fingerprint density at radius 3 is 2.75 bits per heavy atom. The van der Waals surface area contributed by atoms with Crippen molar-refractivity contribution in [2.75, 3.05) is 6.54 Å². The Balaban J connectivity index is 2.26. The smallest absolute Gasteiger partial charge is 0.320 e. The topological polar surface area (TPSA) is 51.2 Å². The number of esters is 1. The summed E-state index contributed by atoms with van der Waals surface area (Å²) in [4.78, 5) is 16.7. The Hall–Kier alpha value is -0.940. The van der Waals surface area contributed by atoms with Gasteiger partial charge in [0.2, 0.25) is 0 Å². The summed E-state index contributed by atoms with van der Waals surface area (Å²) in [5, 5.41) is 3.05. The molecule has 0 saturated carbocycles. The van der Waals surface area contributed by atoms with Crippen LogP contribution in [0.4, 0.5) is 0 Å². The Morgan fingerprint density at radius 2 is 2.25 bits per heavy atom. The van der Waals surface area contributed by atoms with Crippen LogP contribution in [0.2, 0.25) is 0 Å². The highest BCUT2D eigenvalue weighted by Crippen LogP contribution is 2.11. The van der Waals surface area contributed by atoms with Crippen molar-refractivity contribution in [3.8, 4) is 0 Å². The second-order valence-corrected chi connectivity index (χ2v) is 5.49. The molecule has 0 fully saturated rings. The third-order valence-electron chi connectivity index (χ3n) is 1.82. The first-order valence-corrected chi connectivity index (χ1v) is 6.08. The number of nitrogens with one attached hydrogen (secondary N) is 1. The highest BCUT2D eigenvalue weighted by Gasteiger charge is 2.15. The average Bonchev–Trinajstić information content (AvgIpc) is 2.48. The molecule has 0 aliphatic carbocycles. The lowest BCUT2D eigenvalue weighted by atomic mass is 10.2. The van der Waals surface area contributed by atoms with Gasteiger partial charge in [-0.3, -0.25) is 4.79 Å². The fraction of sp³-hybridized carbons (Fsp3) is 0.636. The summed E-state index contributed by atoms with van der Waals surface area (Å²) in [5.74, 6) is -0.227. The van der Waals surface area contributed by atoms with Crippen LogP contribution >= 0.6 is 11.3 Å². The maximum absolute atomic E-state index is 11.4. The van der Waals surface area contributed by atoms with Crippen LogP contribution in [-0.4, -0.2) is 23.1 Å². The Labute approximate surface area is 100 Å². The molecule has 1 aromatic heterocycles. The number of carbonyl (C=O) groups excluding carboxylic acids is 1. The number of aromatic nitrogens is 1. The van der Waals surface area contributed by atoms with E-state index in [0.29, 0.717) is 6.54 Å². The summed E-state index contributed by atoms with van der Waals surface area (Å²) < 4.78 is 5.17. The minimum atomic E-state index is -0.417. The molecule has 16 heavy (non-hydrogen) atoms. The molecule has 0 radical (unpaired) electrons. The molecule has 1 heterocycles. The van der Waals surface area contributed by atoms with E-state index in [1.54, 1.807) is 16.8 Å². The van der Waals surface area contributed by atoms with Gasteiger partial charge in [-0.1, -0.05) is 0 Å². The van der Waals surface area contributed by atoms with Crippen LogP contribution in [0.5, 0.6) is 0 Å². The lowest BCUT2D eigenvalue weighted by molar-refractivity contribution is -0.153. The van der Waals surface area contributed by atoms with Gasteiger partial charge >= 0.3 is 5.97 Å². The Morgan fingerprint density at radius 1 is 1.56 bits per heavy atom. The SMILES string of the molecule is Cc1ncsc1CNCC(=O)OC(C)(C)C. The normalized spacial score (nSPS) is 11.5. The number of hydrogen-bond acceptors (Lipinski definition) is 5. The van der Waals surface area contributed by atoms with Crippen molar-refractivity contribution in [1.82, 2.24) is 10.3 Å². The van der Waals surface area contributed by atoms with E-state index >= 15 is 0 Å². The zero-order valence-corrected chi connectivity index (χ0v) is 11.0. The molecule has 0 unspecified atom stereocenters. The van der Waals surface area contributed by atoms with Gasteiger partial charge in [0, 0.05) is 11.4 Å². The number of carbonyl (C=O) groups is 1. The van der Waals surface area contributed by atoms with Crippen molar-refractivity contribution in [2.24, 2.45) is 0 Å². The predicted molar refractivity (Wildman–Crippen MR) is 64.4 cm³/mol. The minimum Gasteiger partial charge on any atom is -0.459 e. The quantitative estimate of drug-likeness (QED) is 0.819. The van der Waals surface area contributed by atoms with Crippen LogP contribution in [0.15, 0.2) is 5.51 Å². The van der Waals surface area contributed by atoms with E-state index < -0.39 is 5.60 Å². The number of nitrogens with zero attached hydrogens (tertiary/aromatic N) is 1. The van der Waals surface area contributed by atoms with Crippen molar-refractivity contribution in [2.45, 2.75) is 39.8 Å². The average molecular weight is 242 g/mol. The summed E-state index contributed by atoms with van der Waals surface area (Å²) in [6, 6.07) is 0. The fourth-order valence-electron chi connectivity index (χ4n) is 1.15. The molecule has 5 heteroatoms. The number of aryl methyl sites for hydroxylation is 1. The van der Waals surface area contributed by atoms with E-state index in [0.717, 1.165) is 10.6 Å². The van der Waals surface area contributed by atoms with Crippen LogP contribution in [0.1, 0.15) is 31.3 Å². The first-order chi connectivity index (χ1) is 7.38. The molecule has 90 valence electrons. The van der Waals surface area contributed by atoms with E-state index in [1.165, 1.54) is 0 Å². The molecule has 0 atom stereocenters. The van der Waals surface area contributed by atoms with Crippen LogP contribution in [0.3, 0.4) is 0 Å². The van der Waals surface area contributed by atoms with Crippen molar-refractivity contribution in [3.05, 3.63) is 16.1 Å². The molecule has 1 rings (SSSR count). The fourth-order valence-corrected chi connectivity index (χ4v) is 1.90. The molecule has 0 aromatic carbocycles. The molecule has 0 bridgehead atoms. The number of thiazole rings is 1. The van der Waals surface area contributed by atoms with Gasteiger partial charge in [-0.2, -0.15) is 0 Å². The molecule has 0 saturated heterocycles. The predicted octanol–water partition coefficient (Wildman–Crippen LogP) is 1.88. The van der Waals surface area contributed by atoms with E-state index in [9.17, 15) is 4.79 Å². The summed E-state index contributed by atoms with van der Waals surface area (Å²) in [6.45, 7) is 8.43. The lowest BCUT2D eigenvalue weighted by Gasteiger charge is -2.19. The van der Waals surface area contributed by atoms with Crippen molar-refractivity contribution in [3.63, 3.8) is 0 Å². The molecular weight excluding hydrogens is 224 g/mol. The summed E-state index contributed by atoms with van der Waals surface area (Å²) >= 11 is 1.59. The second kappa shape index (κ2) is 5.41. The molecule has 4 nitrogen and oxygen atoms in total. The zero-order chi connectivity index (χ0) is 12.2. The largest absolute Gasteiger partial charge is 0.459 e. The summed E-state index contributed by atoms with van der Waals surface area (Å²) in [6.07, 6.45) is 0. The van der Waals surface area contributed by atoms with Gasteiger partial charge in [0.05, 0.1) is 17.7 Å². The Kier molecular flexibility index (Phi) is 4.44. The van der Waals surface area contributed by atoms with Crippen molar-refractivity contribution >= 4 is 17.3 Å². The maximum atomic E-state index is 11.4. The molecule has 1 N–H and O–H groups in total. The van der Waals surface area contributed by atoms with E-state index in [1.807, 2.05) is 27.7 Å². The standard InChI is InChI=1S/C11H18N2O2S/c1-8-9(16-7-13-8)5-12-6-10(14)15-11(2,3)4/h7,12H,5-6H2,1-4H3. The van der Waals surface area contributed by atoms with Gasteiger partial charge in [0.25, 0.3) is 0 Å². The number of rotatable bonds is 4. The molecule has 0 aliphatic rings. The lowest BCUT2D eigenvalue weighted by Crippen LogP contribution is -2.31. The van der Waals surface area contributed by atoms with Crippen molar-refractivity contribution < 1.29 is 9.53 Å². The molecule has 0 spiro atoms. The Bertz CT molecular complexity index is 355. The second-order valence-electron chi connectivity index (χ2n) is 4.55. The van der Waals surface area contributed by atoms with Crippen LogP contribution in [-0.2, 0) is 16.1 Å². The van der Waals surface area contributed by atoms with Gasteiger partial charge in [-0.05, 0) is 27.7 Å². The summed E-state index contributed by atoms with van der Waals surface area (Å²) in [5.41, 5.74) is 2.40. The minimum absolute atomic E-state index is 0.227. The van der Waals surface area contributed by atoms with Crippen LogP contribution < -0.4 is 5.32 Å². The van der Waals surface area contributed by atoms with Gasteiger partial charge < -0.3 is 10.1 Å². The number of ether oxygens (including phenoxy) is 1. The van der Waals surface area contributed by atoms with Crippen LogP contribution in [0, 0.1) is 6.92 Å². The third kappa shape index (κ3) is 4.72. The monoisotopic (exact) mass is 242 g/mol. The van der Waals surface area contributed by atoms with E-state index in [2.05, 4.69) is 10.3 Å². The molecule has 1 aromatic rings. The van der Waals surface area contributed by atoms with Gasteiger partial charge in [-0.15, -0.1) is 11.3 Å². The maximum Gasteiger partial charge on any atom is 0.320 e. The molecular formula is C11H18N2O2S. The van der Waals surface area contributed by atoms with E-state index in [4.69, 9.17) is 4.74 Å². The van der Waals surface area contributed by atoms with Crippen LogP contribution in [0.25, 0.3) is 0 Å². The zero-order valence-electron chi connectivity index (χ0n) is 10.2. The van der Waals surface area contributed by atoms with Gasteiger partial charge in [-0.25, -0.2) is 4.98 Å². The van der Waals surface area contributed by atoms with Gasteiger partial charge in [0.15, 0.2) is 0 Å². The first-order valence-electron chi connectivity index (χ1n) is 5.20. The highest BCUT2D eigenvalue weighted by atomic mass is 32.1. The molecule has 0 amide bonds. The van der Waals surface area contributed by atoms with Crippen molar-refractivity contribution in [1.29, 1.82) is 0 Å². The third-order valence-corrected chi connectivity index (χ3v) is 2.75. The first kappa shape index (κ1) is 13.1. The number of hydrogen-bond donors (Lipinski definition) is 1. The molecule has 0 aliphatic heterocycles.